The van der Waals surface area contributed by atoms with Crippen molar-refractivity contribution in [2.45, 2.75) is 39.3 Å². The van der Waals surface area contributed by atoms with Gasteiger partial charge < -0.3 is 15.0 Å². The van der Waals surface area contributed by atoms with Crippen molar-refractivity contribution in [3.05, 3.63) is 63.6 Å². The zero-order valence-corrected chi connectivity index (χ0v) is 19.0. The molecule has 2 rings (SSSR count). The molecule has 0 heterocycles. The molecule has 2 aromatic carbocycles. The van der Waals surface area contributed by atoms with Crippen LogP contribution in [0.5, 0.6) is 5.75 Å². The quantitative estimate of drug-likeness (QED) is 0.529. The first kappa shape index (κ1) is 23.2. The van der Waals surface area contributed by atoms with Crippen molar-refractivity contribution in [1.82, 2.24) is 10.2 Å². The van der Waals surface area contributed by atoms with E-state index >= 15 is 0 Å². The van der Waals surface area contributed by atoms with Crippen molar-refractivity contribution in [3.8, 4) is 5.75 Å². The first-order valence-corrected chi connectivity index (χ1v) is 10.8. The van der Waals surface area contributed by atoms with Crippen molar-refractivity contribution in [2.24, 2.45) is 0 Å². The Balaban J connectivity index is 2.17. The highest BCUT2D eigenvalue weighted by atomic mass is 79.9. The zero-order valence-electron chi connectivity index (χ0n) is 16.7. The summed E-state index contributed by atoms with van der Waals surface area (Å²) in [5.74, 6) is 0.117. The molecule has 0 saturated heterocycles. The van der Waals surface area contributed by atoms with E-state index in [2.05, 4.69) is 21.2 Å². The second-order valence-corrected chi connectivity index (χ2v) is 7.88. The number of amides is 2. The number of nitrogens with zero attached hydrogens (tertiary/aromatic N) is 1. The summed E-state index contributed by atoms with van der Waals surface area (Å²) in [5, 5.41) is 3.47. The molecule has 0 aliphatic carbocycles. The normalized spacial score (nSPS) is 11.6. The molecule has 2 aromatic rings. The summed E-state index contributed by atoms with van der Waals surface area (Å²) in [4.78, 5) is 27.3. The maximum atomic E-state index is 13.1. The topological polar surface area (TPSA) is 58.6 Å². The van der Waals surface area contributed by atoms with E-state index in [-0.39, 0.29) is 18.4 Å². The molecule has 5 nitrogen and oxygen atoms in total. The van der Waals surface area contributed by atoms with E-state index in [0.717, 1.165) is 12.0 Å². The van der Waals surface area contributed by atoms with Crippen LogP contribution in [0.15, 0.2) is 53.0 Å². The minimum atomic E-state index is -0.563. The molecule has 7 heteroatoms. The molecule has 0 radical (unpaired) electrons. The van der Waals surface area contributed by atoms with Crippen LogP contribution in [0, 0.1) is 0 Å². The summed E-state index contributed by atoms with van der Waals surface area (Å²) >= 11 is 9.34. The maximum absolute atomic E-state index is 13.1. The SMILES string of the molecule is CCCNC(=O)[C@@H](CC)N(Cc1ccccc1)C(=O)COc1ccc(Cl)cc1Br. The number of nitrogens with one attached hydrogen (secondary N) is 1. The third-order valence-electron chi connectivity index (χ3n) is 4.38. The van der Waals surface area contributed by atoms with Gasteiger partial charge in [0.1, 0.15) is 11.8 Å². The molecule has 0 aromatic heterocycles. The summed E-state index contributed by atoms with van der Waals surface area (Å²) in [7, 11) is 0. The summed E-state index contributed by atoms with van der Waals surface area (Å²) in [6.45, 7) is 4.63. The first-order chi connectivity index (χ1) is 14.0. The second-order valence-electron chi connectivity index (χ2n) is 6.59. The Morgan fingerprint density at radius 3 is 2.52 bits per heavy atom. The minimum Gasteiger partial charge on any atom is -0.483 e. The fraction of sp³-hybridized carbons (Fsp3) is 0.364. The van der Waals surface area contributed by atoms with Crippen LogP contribution in [0.4, 0.5) is 0 Å². The first-order valence-electron chi connectivity index (χ1n) is 9.65. The molecule has 0 unspecified atom stereocenters. The summed E-state index contributed by atoms with van der Waals surface area (Å²) < 4.78 is 6.37. The lowest BCUT2D eigenvalue weighted by Crippen LogP contribution is -2.50. The van der Waals surface area contributed by atoms with Gasteiger partial charge in [-0.05, 0) is 52.5 Å². The van der Waals surface area contributed by atoms with Crippen LogP contribution >= 0.6 is 27.5 Å². The Kier molecular flexibility index (Phi) is 9.48. The van der Waals surface area contributed by atoms with E-state index < -0.39 is 6.04 Å². The van der Waals surface area contributed by atoms with Gasteiger partial charge in [-0.15, -0.1) is 0 Å². The molecule has 0 aliphatic rings. The number of carbonyl (C=O) groups is 2. The standard InChI is InChI=1S/C22H26BrClN2O3/c1-3-12-25-22(28)19(4-2)26(14-16-8-6-5-7-9-16)21(27)15-29-20-11-10-17(24)13-18(20)23/h5-11,13,19H,3-4,12,14-15H2,1-2H3,(H,25,28)/t19-/m1/s1. The van der Waals surface area contributed by atoms with Gasteiger partial charge >= 0.3 is 0 Å². The lowest BCUT2D eigenvalue weighted by Gasteiger charge is -2.30. The average Bonchev–Trinajstić information content (AvgIpc) is 2.72. The Bertz CT molecular complexity index is 817. The minimum absolute atomic E-state index is 0.147. The van der Waals surface area contributed by atoms with E-state index in [1.807, 2.05) is 44.2 Å². The molecule has 1 atom stereocenters. The summed E-state index contributed by atoms with van der Waals surface area (Å²) in [6.07, 6.45) is 1.35. The lowest BCUT2D eigenvalue weighted by molar-refractivity contribution is -0.143. The predicted molar refractivity (Wildman–Crippen MR) is 119 cm³/mol. The molecule has 1 N–H and O–H groups in total. The second kappa shape index (κ2) is 11.8. The molecule has 0 bridgehead atoms. The van der Waals surface area contributed by atoms with Gasteiger partial charge in [0.25, 0.3) is 5.91 Å². The Morgan fingerprint density at radius 1 is 1.17 bits per heavy atom. The molecular weight excluding hydrogens is 456 g/mol. The van der Waals surface area contributed by atoms with Crippen LogP contribution in [0.1, 0.15) is 32.3 Å². The molecular formula is C22H26BrClN2O3. The predicted octanol–water partition coefficient (Wildman–Crippen LogP) is 4.81. The number of benzene rings is 2. The zero-order chi connectivity index (χ0) is 21.2. The highest BCUT2D eigenvalue weighted by Crippen LogP contribution is 2.28. The number of hydrogen-bond donors (Lipinski definition) is 1. The highest BCUT2D eigenvalue weighted by molar-refractivity contribution is 9.10. The number of ether oxygens (including phenoxy) is 1. The van der Waals surface area contributed by atoms with Gasteiger partial charge in [-0.2, -0.15) is 0 Å². The van der Waals surface area contributed by atoms with Gasteiger partial charge in [-0.3, -0.25) is 9.59 Å². The molecule has 0 spiro atoms. The van der Waals surface area contributed by atoms with Crippen LogP contribution in [0.2, 0.25) is 5.02 Å². The fourth-order valence-electron chi connectivity index (χ4n) is 2.88. The Labute approximate surface area is 185 Å². The molecule has 0 fully saturated rings. The molecule has 156 valence electrons. The van der Waals surface area contributed by atoms with E-state index in [4.69, 9.17) is 16.3 Å². The largest absolute Gasteiger partial charge is 0.483 e. The fourth-order valence-corrected chi connectivity index (χ4v) is 3.68. The van der Waals surface area contributed by atoms with Gasteiger partial charge in [0.15, 0.2) is 6.61 Å². The third-order valence-corrected chi connectivity index (χ3v) is 5.23. The van der Waals surface area contributed by atoms with Gasteiger partial charge in [0.2, 0.25) is 5.91 Å². The Hall–Kier alpha value is -2.05. The number of carbonyl (C=O) groups excluding carboxylic acids is 2. The number of halogens is 2. The van der Waals surface area contributed by atoms with Crippen LogP contribution in [0.3, 0.4) is 0 Å². The highest BCUT2D eigenvalue weighted by Gasteiger charge is 2.28. The lowest BCUT2D eigenvalue weighted by atomic mass is 10.1. The number of rotatable bonds is 10. The van der Waals surface area contributed by atoms with E-state index in [9.17, 15) is 9.59 Å². The van der Waals surface area contributed by atoms with Crippen molar-refractivity contribution in [2.75, 3.05) is 13.2 Å². The van der Waals surface area contributed by atoms with Gasteiger partial charge in [-0.25, -0.2) is 0 Å². The number of hydrogen-bond acceptors (Lipinski definition) is 3. The third kappa shape index (κ3) is 7.05. The van der Waals surface area contributed by atoms with Crippen LogP contribution in [0.25, 0.3) is 0 Å². The van der Waals surface area contributed by atoms with Gasteiger partial charge in [0.05, 0.1) is 4.47 Å². The summed E-state index contributed by atoms with van der Waals surface area (Å²) in [6, 6.07) is 14.2. The van der Waals surface area contributed by atoms with Crippen LogP contribution < -0.4 is 10.1 Å². The van der Waals surface area contributed by atoms with Crippen molar-refractivity contribution in [1.29, 1.82) is 0 Å². The van der Waals surface area contributed by atoms with E-state index in [1.54, 1.807) is 23.1 Å². The van der Waals surface area contributed by atoms with Gasteiger partial charge in [-0.1, -0.05) is 55.8 Å². The van der Waals surface area contributed by atoms with Crippen LogP contribution in [-0.4, -0.2) is 35.9 Å². The summed E-state index contributed by atoms with van der Waals surface area (Å²) in [5.41, 5.74) is 0.954. The average molecular weight is 482 g/mol. The molecule has 0 aliphatic heterocycles. The Morgan fingerprint density at radius 2 is 1.90 bits per heavy atom. The van der Waals surface area contributed by atoms with E-state index in [1.165, 1.54) is 0 Å². The van der Waals surface area contributed by atoms with Crippen LogP contribution in [-0.2, 0) is 16.1 Å². The van der Waals surface area contributed by atoms with Crippen molar-refractivity contribution in [3.63, 3.8) is 0 Å². The molecule has 0 saturated carbocycles. The van der Waals surface area contributed by atoms with Gasteiger partial charge in [0, 0.05) is 18.1 Å². The smallest absolute Gasteiger partial charge is 0.261 e. The monoisotopic (exact) mass is 480 g/mol. The van der Waals surface area contributed by atoms with Crippen molar-refractivity contribution < 1.29 is 14.3 Å². The van der Waals surface area contributed by atoms with E-state index in [0.29, 0.717) is 34.8 Å². The van der Waals surface area contributed by atoms with Crippen molar-refractivity contribution >= 4 is 39.3 Å². The maximum Gasteiger partial charge on any atom is 0.261 e. The molecule has 2 amide bonds. The molecule has 29 heavy (non-hydrogen) atoms.